The summed E-state index contributed by atoms with van der Waals surface area (Å²) < 4.78 is 30.3. The lowest BCUT2D eigenvalue weighted by atomic mass is 10.1. The van der Waals surface area contributed by atoms with Gasteiger partial charge in [-0.05, 0) is 91.3 Å². The largest absolute Gasteiger partial charge is 0.497 e. The Kier molecular flexibility index (Phi) is 8.28. The van der Waals surface area contributed by atoms with Gasteiger partial charge in [-0.25, -0.2) is 9.38 Å². The Balaban J connectivity index is 1.55. The lowest BCUT2D eigenvalue weighted by Gasteiger charge is -2.13. The van der Waals surface area contributed by atoms with E-state index in [1.807, 2.05) is 56.3 Å². The minimum Gasteiger partial charge on any atom is -0.497 e. The number of ether oxygens (including phenoxy) is 3. The lowest BCUT2D eigenvalue weighted by Crippen LogP contribution is -2.28. The van der Waals surface area contributed by atoms with Crippen molar-refractivity contribution < 1.29 is 23.4 Å². The maximum atomic E-state index is 13.5. The Morgan fingerprint density at radius 2 is 1.81 bits per heavy atom. The van der Waals surface area contributed by atoms with Crippen LogP contribution >= 0.6 is 11.8 Å². The zero-order valence-corrected chi connectivity index (χ0v) is 21.2. The van der Waals surface area contributed by atoms with Crippen LogP contribution in [0, 0.1) is 5.82 Å². The number of carbonyl (C=O) groups is 1. The van der Waals surface area contributed by atoms with E-state index in [0.29, 0.717) is 34.7 Å². The van der Waals surface area contributed by atoms with E-state index >= 15 is 0 Å². The molecule has 1 heterocycles. The molecule has 3 aromatic carbocycles. The average Bonchev–Trinajstić information content (AvgIpc) is 3.17. The molecule has 8 heteroatoms. The molecular formula is C28H27FN2O4S. The minimum absolute atomic E-state index is 0.0980. The van der Waals surface area contributed by atoms with Crippen LogP contribution in [0.15, 0.2) is 76.6 Å². The van der Waals surface area contributed by atoms with Crippen LogP contribution in [0.2, 0.25) is 0 Å². The van der Waals surface area contributed by atoms with Crippen LogP contribution < -0.4 is 14.2 Å². The monoisotopic (exact) mass is 506 g/mol. The molecular weight excluding hydrogens is 479 g/mol. The summed E-state index contributed by atoms with van der Waals surface area (Å²) in [6.07, 6.45) is 1.82. The number of hydrogen-bond acceptors (Lipinski definition) is 6. The molecule has 0 saturated carbocycles. The number of carbonyl (C=O) groups excluding carboxylic acids is 1. The molecule has 6 nitrogen and oxygen atoms in total. The fourth-order valence-corrected chi connectivity index (χ4v) is 4.64. The molecule has 0 spiro atoms. The molecule has 0 bridgehead atoms. The van der Waals surface area contributed by atoms with Gasteiger partial charge in [0.1, 0.15) is 18.2 Å². The first-order valence-corrected chi connectivity index (χ1v) is 12.4. The van der Waals surface area contributed by atoms with E-state index in [9.17, 15) is 9.18 Å². The second kappa shape index (κ2) is 11.8. The fourth-order valence-electron chi connectivity index (χ4n) is 3.58. The molecule has 0 radical (unpaired) electrons. The van der Waals surface area contributed by atoms with Gasteiger partial charge in [0.15, 0.2) is 16.7 Å². The number of likely N-dealkylation sites (N-methyl/N-ethyl adjacent to an activating group) is 1. The molecule has 1 saturated heterocycles. The van der Waals surface area contributed by atoms with Crippen molar-refractivity contribution in [1.29, 1.82) is 0 Å². The second-order valence-electron chi connectivity index (χ2n) is 7.81. The number of thioether (sulfide) groups is 1. The topological polar surface area (TPSA) is 60.4 Å². The first-order valence-electron chi connectivity index (χ1n) is 11.6. The highest BCUT2D eigenvalue weighted by Crippen LogP contribution is 2.36. The van der Waals surface area contributed by atoms with Gasteiger partial charge < -0.3 is 14.2 Å². The van der Waals surface area contributed by atoms with Crippen molar-refractivity contribution in [2.24, 2.45) is 4.99 Å². The molecule has 36 heavy (non-hydrogen) atoms. The van der Waals surface area contributed by atoms with Crippen LogP contribution in [0.5, 0.6) is 17.2 Å². The number of aliphatic imine (C=N–C) groups is 1. The predicted octanol–water partition coefficient (Wildman–Crippen LogP) is 6.44. The minimum atomic E-state index is -0.308. The van der Waals surface area contributed by atoms with Gasteiger partial charge in [-0.2, -0.15) is 0 Å². The van der Waals surface area contributed by atoms with Crippen LogP contribution in [-0.2, 0) is 11.4 Å². The van der Waals surface area contributed by atoms with Gasteiger partial charge in [0, 0.05) is 6.54 Å². The van der Waals surface area contributed by atoms with Crippen molar-refractivity contribution >= 4 is 34.6 Å². The quantitative estimate of drug-likeness (QED) is 0.313. The Hall–Kier alpha value is -3.78. The number of amides is 1. The number of benzene rings is 3. The third-order valence-electron chi connectivity index (χ3n) is 5.35. The molecule has 1 fully saturated rings. The number of nitrogens with zero attached hydrogens (tertiary/aromatic N) is 2. The Morgan fingerprint density at radius 3 is 2.50 bits per heavy atom. The first kappa shape index (κ1) is 25.3. The van der Waals surface area contributed by atoms with Crippen LogP contribution in [0.1, 0.15) is 25.0 Å². The van der Waals surface area contributed by atoms with E-state index < -0.39 is 0 Å². The number of methoxy groups -OCH3 is 1. The molecule has 0 N–H and O–H groups in total. The molecule has 0 atom stereocenters. The van der Waals surface area contributed by atoms with E-state index in [1.165, 1.54) is 23.9 Å². The van der Waals surface area contributed by atoms with Crippen molar-refractivity contribution in [2.45, 2.75) is 20.5 Å². The van der Waals surface area contributed by atoms with Gasteiger partial charge in [0.2, 0.25) is 0 Å². The number of amidine groups is 1. The summed E-state index contributed by atoms with van der Waals surface area (Å²) in [6, 6.07) is 19.1. The molecule has 1 amide bonds. The molecule has 3 aromatic rings. The molecule has 4 rings (SSSR count). The number of hydrogen-bond donors (Lipinski definition) is 0. The predicted molar refractivity (Wildman–Crippen MR) is 141 cm³/mol. The van der Waals surface area contributed by atoms with Crippen molar-refractivity contribution in [3.05, 3.63) is 88.6 Å². The summed E-state index contributed by atoms with van der Waals surface area (Å²) in [5.41, 5.74) is 2.26. The number of halogens is 1. The van der Waals surface area contributed by atoms with Crippen LogP contribution in [-0.4, -0.2) is 36.2 Å². The molecule has 186 valence electrons. The summed E-state index contributed by atoms with van der Waals surface area (Å²) >= 11 is 1.33. The van der Waals surface area contributed by atoms with Crippen LogP contribution in [0.3, 0.4) is 0 Å². The van der Waals surface area contributed by atoms with Gasteiger partial charge in [0.25, 0.3) is 5.91 Å². The Morgan fingerprint density at radius 1 is 1.00 bits per heavy atom. The summed E-state index contributed by atoms with van der Waals surface area (Å²) in [5.74, 6) is 1.44. The molecule has 0 aliphatic carbocycles. The van der Waals surface area contributed by atoms with E-state index in [0.717, 1.165) is 22.6 Å². The summed E-state index contributed by atoms with van der Waals surface area (Å²) in [5, 5.41) is 0.624. The standard InChI is InChI=1S/C28H27FN2O4S/c1-4-31-27(32)26(36-28(31)30-22-10-12-23(33-3)13-11-22)17-19-9-14-24(25(16-19)34-5-2)35-18-20-7-6-8-21(29)15-20/h6-17H,4-5,18H2,1-3H3/b26-17+,30-28?. The van der Waals surface area contributed by atoms with Gasteiger partial charge in [-0.15, -0.1) is 0 Å². The lowest BCUT2D eigenvalue weighted by molar-refractivity contribution is -0.122. The third-order valence-corrected chi connectivity index (χ3v) is 6.36. The molecule has 1 aliphatic heterocycles. The molecule has 1 aliphatic rings. The highest BCUT2D eigenvalue weighted by atomic mass is 32.2. The highest BCUT2D eigenvalue weighted by molar-refractivity contribution is 8.18. The normalized spacial score (nSPS) is 15.6. The maximum Gasteiger partial charge on any atom is 0.266 e. The number of rotatable bonds is 9. The van der Waals surface area contributed by atoms with Crippen LogP contribution in [0.4, 0.5) is 10.1 Å². The zero-order valence-electron chi connectivity index (χ0n) is 20.4. The van der Waals surface area contributed by atoms with Gasteiger partial charge in [0.05, 0.1) is 24.3 Å². The van der Waals surface area contributed by atoms with Crippen molar-refractivity contribution in [1.82, 2.24) is 4.90 Å². The summed E-state index contributed by atoms with van der Waals surface area (Å²) in [7, 11) is 1.61. The van der Waals surface area contributed by atoms with E-state index in [4.69, 9.17) is 14.2 Å². The van der Waals surface area contributed by atoms with Gasteiger partial charge in [-0.1, -0.05) is 18.2 Å². The average molecular weight is 507 g/mol. The van der Waals surface area contributed by atoms with Crippen molar-refractivity contribution in [3.8, 4) is 17.2 Å². The third kappa shape index (κ3) is 6.07. The Labute approximate surface area is 214 Å². The van der Waals surface area contributed by atoms with Gasteiger partial charge in [-0.3, -0.25) is 9.69 Å². The summed E-state index contributed by atoms with van der Waals surface area (Å²) in [6.45, 7) is 4.98. The molecule has 0 unspecified atom stereocenters. The van der Waals surface area contributed by atoms with Crippen LogP contribution in [0.25, 0.3) is 6.08 Å². The van der Waals surface area contributed by atoms with E-state index in [-0.39, 0.29) is 18.3 Å². The van der Waals surface area contributed by atoms with Crippen molar-refractivity contribution in [3.63, 3.8) is 0 Å². The first-order chi connectivity index (χ1) is 17.5. The zero-order chi connectivity index (χ0) is 25.5. The highest BCUT2D eigenvalue weighted by Gasteiger charge is 2.32. The smallest absolute Gasteiger partial charge is 0.266 e. The summed E-state index contributed by atoms with van der Waals surface area (Å²) in [4.78, 5) is 19.9. The van der Waals surface area contributed by atoms with Crippen molar-refractivity contribution in [2.75, 3.05) is 20.3 Å². The maximum absolute atomic E-state index is 13.5. The Bertz CT molecular complexity index is 1290. The second-order valence-corrected chi connectivity index (χ2v) is 8.82. The SMILES string of the molecule is CCOc1cc(/C=C2/SC(=Nc3ccc(OC)cc3)N(CC)C2=O)ccc1OCc1cccc(F)c1. The fraction of sp³-hybridized carbons (Fsp3) is 0.214. The van der Waals surface area contributed by atoms with E-state index in [2.05, 4.69) is 4.99 Å². The molecule has 0 aromatic heterocycles. The van der Waals surface area contributed by atoms with Gasteiger partial charge >= 0.3 is 0 Å². The van der Waals surface area contributed by atoms with E-state index in [1.54, 1.807) is 30.2 Å².